The van der Waals surface area contributed by atoms with E-state index in [-0.39, 0.29) is 5.25 Å². The Morgan fingerprint density at radius 1 is 1.26 bits per heavy atom. The fourth-order valence-electron chi connectivity index (χ4n) is 2.55. The summed E-state index contributed by atoms with van der Waals surface area (Å²) >= 11 is 1.23. The van der Waals surface area contributed by atoms with E-state index in [1.54, 1.807) is 5.51 Å². The second-order valence-corrected chi connectivity index (χ2v) is 8.04. The van der Waals surface area contributed by atoms with E-state index >= 15 is 0 Å². The van der Waals surface area contributed by atoms with Gasteiger partial charge in [0.05, 0.1) is 16.5 Å². The molecule has 1 aromatic heterocycles. The molecule has 0 radical (unpaired) electrons. The normalized spacial score (nSPS) is 20.6. The van der Waals surface area contributed by atoms with E-state index in [0.717, 1.165) is 31.4 Å². The first kappa shape index (κ1) is 13.1. The van der Waals surface area contributed by atoms with Gasteiger partial charge in [-0.3, -0.25) is 4.79 Å². The van der Waals surface area contributed by atoms with Gasteiger partial charge in [0.15, 0.2) is 0 Å². The fourth-order valence-corrected chi connectivity index (χ4v) is 4.67. The van der Waals surface area contributed by atoms with Crippen LogP contribution in [0.15, 0.2) is 5.51 Å². The van der Waals surface area contributed by atoms with Crippen LogP contribution in [0.5, 0.6) is 0 Å². The maximum absolute atomic E-state index is 12.1. The van der Waals surface area contributed by atoms with Crippen LogP contribution in [0, 0.1) is 0 Å². The van der Waals surface area contributed by atoms with Crippen LogP contribution in [0.3, 0.4) is 0 Å². The van der Waals surface area contributed by atoms with Gasteiger partial charge in [-0.1, -0.05) is 12.8 Å². The van der Waals surface area contributed by atoms with E-state index in [1.807, 2.05) is 0 Å². The third-order valence-electron chi connectivity index (χ3n) is 3.74. The largest absolute Gasteiger partial charge is 0.276 e. The lowest BCUT2D eigenvalue weighted by molar-refractivity contribution is 0.0983. The highest BCUT2D eigenvalue weighted by atomic mass is 32.2. The summed E-state index contributed by atoms with van der Waals surface area (Å²) in [7, 11) is -3.47. The van der Waals surface area contributed by atoms with E-state index in [1.165, 1.54) is 11.3 Å². The highest BCUT2D eigenvalue weighted by molar-refractivity contribution is 7.91. The Hall–Kier alpha value is -0.950. The summed E-state index contributed by atoms with van der Waals surface area (Å²) in [6.07, 6.45) is 5.70. The Morgan fingerprint density at radius 2 is 1.95 bits per heavy atom. The van der Waals surface area contributed by atoms with Crippen molar-refractivity contribution in [2.75, 3.05) is 0 Å². The van der Waals surface area contributed by atoms with E-state index in [9.17, 15) is 13.2 Å². The lowest BCUT2D eigenvalue weighted by atomic mass is 10.0. The predicted octanol–water partition coefficient (Wildman–Crippen LogP) is 2.02. The Labute approximate surface area is 116 Å². The predicted molar refractivity (Wildman–Crippen MR) is 72.7 cm³/mol. The first-order chi connectivity index (χ1) is 9.08. The number of hydrogen-bond acceptors (Lipinski definition) is 5. The van der Waals surface area contributed by atoms with Crippen molar-refractivity contribution in [2.24, 2.45) is 0 Å². The molecule has 1 heterocycles. The van der Waals surface area contributed by atoms with Crippen LogP contribution in [0.4, 0.5) is 0 Å². The first-order valence-electron chi connectivity index (χ1n) is 6.57. The molecule has 104 valence electrons. The lowest BCUT2D eigenvalue weighted by Crippen LogP contribution is -2.33. The standard InChI is InChI=1S/C12H16N2O3S2/c15-12(14-19(16,17)9-5-6-9)11-10(13-7-18-11)8-3-1-2-4-8/h7-9H,1-6H2,(H,14,15). The molecule has 1 aromatic rings. The minimum atomic E-state index is -3.47. The molecule has 7 heteroatoms. The topological polar surface area (TPSA) is 76.1 Å². The van der Waals surface area contributed by atoms with Crippen molar-refractivity contribution >= 4 is 27.3 Å². The van der Waals surface area contributed by atoms with Gasteiger partial charge < -0.3 is 0 Å². The van der Waals surface area contributed by atoms with E-state index in [4.69, 9.17) is 0 Å². The number of carbonyl (C=O) groups is 1. The maximum atomic E-state index is 12.1. The SMILES string of the molecule is O=C(NS(=O)(=O)C1CC1)c1scnc1C1CCCC1. The molecule has 0 aromatic carbocycles. The van der Waals surface area contributed by atoms with Crippen LogP contribution in [0.2, 0.25) is 0 Å². The minimum Gasteiger partial charge on any atom is -0.267 e. The molecule has 0 aliphatic heterocycles. The molecule has 3 rings (SSSR count). The smallest absolute Gasteiger partial charge is 0.267 e. The molecule has 0 atom stereocenters. The van der Waals surface area contributed by atoms with Crippen molar-refractivity contribution < 1.29 is 13.2 Å². The van der Waals surface area contributed by atoms with Crippen LogP contribution >= 0.6 is 11.3 Å². The van der Waals surface area contributed by atoms with Gasteiger partial charge in [-0.25, -0.2) is 18.1 Å². The number of rotatable bonds is 4. The summed E-state index contributed by atoms with van der Waals surface area (Å²) < 4.78 is 25.8. The van der Waals surface area contributed by atoms with Crippen molar-refractivity contribution in [3.05, 3.63) is 16.1 Å². The van der Waals surface area contributed by atoms with Crippen LogP contribution in [-0.2, 0) is 10.0 Å². The minimum absolute atomic E-state index is 0.315. The summed E-state index contributed by atoms with van der Waals surface area (Å²) in [5.41, 5.74) is 2.41. The Balaban J connectivity index is 1.78. The zero-order chi connectivity index (χ0) is 13.5. The van der Waals surface area contributed by atoms with Crippen LogP contribution < -0.4 is 4.72 Å². The molecule has 0 saturated heterocycles. The second-order valence-electron chi connectivity index (χ2n) is 5.22. The number of nitrogens with zero attached hydrogens (tertiary/aromatic N) is 1. The van der Waals surface area contributed by atoms with Crippen LogP contribution in [-0.4, -0.2) is 24.6 Å². The Morgan fingerprint density at radius 3 is 2.58 bits per heavy atom. The third-order valence-corrected chi connectivity index (χ3v) is 6.40. The molecule has 0 spiro atoms. The number of aromatic nitrogens is 1. The van der Waals surface area contributed by atoms with Gasteiger partial charge in [-0.2, -0.15) is 0 Å². The number of nitrogens with one attached hydrogen (secondary N) is 1. The number of sulfonamides is 1. The molecule has 5 nitrogen and oxygen atoms in total. The number of amides is 1. The zero-order valence-corrected chi connectivity index (χ0v) is 12.1. The third kappa shape index (κ3) is 2.67. The molecule has 1 N–H and O–H groups in total. The van der Waals surface area contributed by atoms with Gasteiger partial charge in [0.1, 0.15) is 4.88 Å². The molecule has 0 bridgehead atoms. The second kappa shape index (κ2) is 4.86. The van der Waals surface area contributed by atoms with Crippen molar-refractivity contribution in [2.45, 2.75) is 49.7 Å². The fraction of sp³-hybridized carbons (Fsp3) is 0.667. The summed E-state index contributed by atoms with van der Waals surface area (Å²) in [6.45, 7) is 0. The van der Waals surface area contributed by atoms with Crippen molar-refractivity contribution in [3.8, 4) is 0 Å². The number of thiazole rings is 1. The molecule has 1 amide bonds. The molecule has 0 unspecified atom stereocenters. The van der Waals surface area contributed by atoms with Gasteiger partial charge in [0, 0.05) is 5.92 Å². The van der Waals surface area contributed by atoms with E-state index < -0.39 is 15.9 Å². The lowest BCUT2D eigenvalue weighted by Gasteiger charge is -2.09. The highest BCUT2D eigenvalue weighted by Crippen LogP contribution is 2.36. The summed E-state index contributed by atoms with van der Waals surface area (Å²) in [4.78, 5) is 16.9. The summed E-state index contributed by atoms with van der Waals surface area (Å²) in [5, 5.41) is -0.376. The van der Waals surface area contributed by atoms with Crippen molar-refractivity contribution in [1.82, 2.24) is 9.71 Å². The van der Waals surface area contributed by atoms with Crippen LogP contribution in [0.25, 0.3) is 0 Å². The summed E-state index contributed by atoms with van der Waals surface area (Å²) in [5.74, 6) is -0.188. The summed E-state index contributed by atoms with van der Waals surface area (Å²) in [6, 6.07) is 0. The average molecular weight is 300 g/mol. The molecular formula is C12H16N2O3S2. The van der Waals surface area contributed by atoms with Gasteiger partial charge >= 0.3 is 0 Å². The van der Waals surface area contributed by atoms with Gasteiger partial charge in [0.25, 0.3) is 5.91 Å². The van der Waals surface area contributed by atoms with Crippen molar-refractivity contribution in [3.63, 3.8) is 0 Å². The van der Waals surface area contributed by atoms with Gasteiger partial charge in [0.2, 0.25) is 10.0 Å². The average Bonchev–Trinajstić information content (AvgIpc) is 2.91. The van der Waals surface area contributed by atoms with E-state index in [0.29, 0.717) is 23.6 Å². The zero-order valence-electron chi connectivity index (χ0n) is 10.5. The Bertz CT molecular complexity index is 584. The molecule has 19 heavy (non-hydrogen) atoms. The molecule has 2 aliphatic rings. The molecule has 2 aliphatic carbocycles. The van der Waals surface area contributed by atoms with E-state index in [2.05, 4.69) is 9.71 Å². The number of hydrogen-bond donors (Lipinski definition) is 1. The first-order valence-corrected chi connectivity index (χ1v) is 9.00. The van der Waals surface area contributed by atoms with Crippen molar-refractivity contribution in [1.29, 1.82) is 0 Å². The van der Waals surface area contributed by atoms with Gasteiger partial charge in [-0.15, -0.1) is 11.3 Å². The van der Waals surface area contributed by atoms with Crippen LogP contribution in [0.1, 0.15) is 59.8 Å². The highest BCUT2D eigenvalue weighted by Gasteiger charge is 2.37. The maximum Gasteiger partial charge on any atom is 0.276 e. The van der Waals surface area contributed by atoms with Gasteiger partial charge in [-0.05, 0) is 25.7 Å². The molecular weight excluding hydrogens is 284 g/mol. The number of carbonyl (C=O) groups excluding carboxylic acids is 1. The quantitative estimate of drug-likeness (QED) is 0.923. The molecule has 2 saturated carbocycles. The Kier molecular flexibility index (Phi) is 3.34. The molecule has 2 fully saturated rings. The monoisotopic (exact) mass is 300 g/mol.